The Balaban J connectivity index is 0. The molecule has 24 heavy (non-hydrogen) atoms. The quantitative estimate of drug-likeness (QED) is 0.209. The molecule has 0 bridgehead atoms. The van der Waals surface area contributed by atoms with Gasteiger partial charge < -0.3 is 6.92 Å². The molecule has 3 rings (SSSR count). The van der Waals surface area contributed by atoms with Gasteiger partial charge in [0, 0.05) is 21.1 Å². The minimum absolute atomic E-state index is 0. The monoisotopic (exact) mass is 572 g/mol. The third-order valence-corrected chi connectivity index (χ3v) is 6.95. The van der Waals surface area contributed by atoms with Crippen LogP contribution in [0.4, 0.5) is 0 Å². The first kappa shape index (κ1) is 28.2. The molecule has 0 aromatic rings. The fourth-order valence-electron chi connectivity index (χ4n) is 3.40. The summed E-state index contributed by atoms with van der Waals surface area (Å²) in [6.45, 7) is 5.00. The van der Waals surface area contributed by atoms with E-state index in [9.17, 15) is 0 Å². The van der Waals surface area contributed by atoms with Crippen LogP contribution in [-0.4, -0.2) is 17.0 Å². The van der Waals surface area contributed by atoms with Crippen molar-refractivity contribution < 1.29 is 21.1 Å². The molecule has 3 aliphatic rings. The predicted molar refractivity (Wildman–Crippen MR) is 121 cm³/mol. The van der Waals surface area contributed by atoms with Crippen LogP contribution in [0.1, 0.15) is 103 Å². The Hall–Kier alpha value is 1.98. The molecular weight excluding hydrogens is 528 g/mol. The van der Waals surface area contributed by atoms with Crippen molar-refractivity contribution >= 4 is 27.7 Å². The molecule has 0 aromatic carbocycles. The molecule has 0 spiro atoms. The predicted octanol–water partition coefficient (Wildman–Crippen LogP) is 7.42. The summed E-state index contributed by atoms with van der Waals surface area (Å²) in [5, 5.41) is 0. The van der Waals surface area contributed by atoms with Crippen molar-refractivity contribution in [3.8, 4) is 0 Å². The summed E-state index contributed by atoms with van der Waals surface area (Å²) >= 11 is 0. The molecule has 0 aromatic heterocycles. The largest absolute Gasteiger partial charge is 0.346 e. The molecule has 0 amide bonds. The van der Waals surface area contributed by atoms with Gasteiger partial charge in [-0.1, -0.05) is 57.8 Å². The Morgan fingerprint density at radius 1 is 0.458 bits per heavy atom. The molecule has 3 saturated carbocycles. The van der Waals surface area contributed by atoms with Crippen molar-refractivity contribution in [2.45, 2.75) is 120 Å². The van der Waals surface area contributed by atoms with Crippen LogP contribution < -0.4 is 0 Å². The van der Waals surface area contributed by atoms with Gasteiger partial charge in [-0.05, 0) is 55.5 Å². The maximum Gasteiger partial charge on any atom is 0 e. The van der Waals surface area contributed by atoms with E-state index >= 15 is 0 Å². The average Bonchev–Trinajstić information content (AvgIpc) is 2.60. The summed E-state index contributed by atoms with van der Waals surface area (Å²) in [5.41, 5.74) is 2.86. The molecule has 0 heterocycles. The van der Waals surface area contributed by atoms with Crippen molar-refractivity contribution in [2.24, 2.45) is 0 Å². The number of hydrogen-bond acceptors (Lipinski definition) is 0. The van der Waals surface area contributed by atoms with Gasteiger partial charge >= 0.3 is 0 Å². The number of hydrogen-bond donors (Lipinski definition) is 0. The standard InChI is InChI=1S/3C6H13P.C2H5.Pt/c3*7-6-4-2-1-3-5-6;1-2;/h3*6H,1-5,7H2;1H2,2H3;/q;;;-1;. The molecule has 3 atom stereocenters. The van der Waals surface area contributed by atoms with Crippen LogP contribution in [0.25, 0.3) is 0 Å². The van der Waals surface area contributed by atoms with Gasteiger partial charge in [-0.2, -0.15) is 6.92 Å². The molecule has 3 fully saturated rings. The second-order valence-electron chi connectivity index (χ2n) is 7.19. The van der Waals surface area contributed by atoms with E-state index < -0.39 is 0 Å². The number of rotatable bonds is 0. The smallest absolute Gasteiger partial charge is 0 e. The molecular formula is C20H44P3Pt-. The second-order valence-corrected chi connectivity index (χ2v) is 10.0. The first-order chi connectivity index (χ1) is 11.2. The maximum absolute atomic E-state index is 3.25. The minimum atomic E-state index is 0. The summed E-state index contributed by atoms with van der Waals surface area (Å²) in [6, 6.07) is 0. The molecule has 0 saturated heterocycles. The van der Waals surface area contributed by atoms with Gasteiger partial charge in [0.25, 0.3) is 0 Å². The zero-order chi connectivity index (χ0) is 17.3. The van der Waals surface area contributed by atoms with Crippen LogP contribution in [0.2, 0.25) is 0 Å². The van der Waals surface area contributed by atoms with Crippen LogP contribution in [0, 0.1) is 6.92 Å². The first-order valence-corrected chi connectivity index (χ1v) is 12.2. The first-order valence-electron chi connectivity index (χ1n) is 10.2. The fourth-order valence-corrected chi connectivity index (χ4v) is 4.82. The molecule has 0 N–H and O–H groups in total. The van der Waals surface area contributed by atoms with E-state index in [0.29, 0.717) is 0 Å². The van der Waals surface area contributed by atoms with Gasteiger partial charge in [-0.25, -0.2) is 0 Å². The Morgan fingerprint density at radius 2 is 0.625 bits per heavy atom. The topological polar surface area (TPSA) is 0 Å². The normalized spacial score (nSPS) is 22.4. The molecule has 0 nitrogen and oxygen atoms in total. The molecule has 0 aliphatic heterocycles. The van der Waals surface area contributed by atoms with Crippen LogP contribution >= 0.6 is 27.7 Å². The van der Waals surface area contributed by atoms with E-state index in [4.69, 9.17) is 0 Å². The Bertz CT molecular complexity index is 183. The van der Waals surface area contributed by atoms with Gasteiger partial charge in [-0.3, -0.25) is 0 Å². The van der Waals surface area contributed by atoms with E-state index in [1.54, 1.807) is 6.92 Å². The zero-order valence-corrected chi connectivity index (χ0v) is 21.8. The van der Waals surface area contributed by atoms with Gasteiger partial charge in [0.2, 0.25) is 0 Å². The van der Waals surface area contributed by atoms with Gasteiger partial charge in [0.05, 0.1) is 0 Å². The van der Waals surface area contributed by atoms with Crippen LogP contribution in [-0.2, 0) is 21.1 Å². The van der Waals surface area contributed by atoms with Crippen molar-refractivity contribution in [2.75, 3.05) is 0 Å². The van der Waals surface area contributed by atoms with Crippen molar-refractivity contribution in [1.82, 2.24) is 0 Å². The van der Waals surface area contributed by atoms with E-state index in [1.807, 2.05) is 0 Å². The minimum Gasteiger partial charge on any atom is -0.346 e. The zero-order valence-electron chi connectivity index (χ0n) is 16.1. The molecule has 3 aliphatic carbocycles. The van der Waals surface area contributed by atoms with Crippen molar-refractivity contribution in [1.29, 1.82) is 0 Å². The maximum atomic E-state index is 3.25. The van der Waals surface area contributed by atoms with Crippen LogP contribution in [0.15, 0.2) is 0 Å². The van der Waals surface area contributed by atoms with Crippen molar-refractivity contribution in [3.05, 3.63) is 6.92 Å². The SMILES string of the molecule is PC1CCCCC1.PC1CCCCC1.PC1CCCCC1.[CH2-]C.[Pt]. The fraction of sp³-hybridized carbons (Fsp3) is 0.950. The Kier molecular flexibility index (Phi) is 25.0. The third-order valence-electron chi connectivity index (χ3n) is 4.95. The Labute approximate surface area is 175 Å². The van der Waals surface area contributed by atoms with E-state index in [0.717, 1.165) is 17.0 Å². The van der Waals surface area contributed by atoms with Crippen molar-refractivity contribution in [3.63, 3.8) is 0 Å². The average molecular weight is 573 g/mol. The van der Waals surface area contributed by atoms with Gasteiger partial charge in [0.15, 0.2) is 0 Å². The summed E-state index contributed by atoms with van der Waals surface area (Å²) in [4.78, 5) is 0. The Morgan fingerprint density at radius 3 is 0.708 bits per heavy atom. The van der Waals surface area contributed by atoms with E-state index in [-0.39, 0.29) is 21.1 Å². The molecule has 3 unspecified atom stereocenters. The summed E-state index contributed by atoms with van der Waals surface area (Å²) in [5.74, 6) is 0. The second kappa shape index (κ2) is 21.3. The van der Waals surface area contributed by atoms with Crippen LogP contribution in [0.3, 0.4) is 0 Å². The van der Waals surface area contributed by atoms with E-state index in [2.05, 4.69) is 34.6 Å². The summed E-state index contributed by atoms with van der Waals surface area (Å²) < 4.78 is 0. The summed E-state index contributed by atoms with van der Waals surface area (Å²) in [7, 11) is 8.72. The van der Waals surface area contributed by atoms with Gasteiger partial charge in [-0.15, -0.1) is 27.7 Å². The summed E-state index contributed by atoms with van der Waals surface area (Å²) in [6.07, 6.45) is 21.9. The molecule has 150 valence electrons. The third kappa shape index (κ3) is 18.8. The molecule has 4 heteroatoms. The molecule has 0 radical (unpaired) electrons. The van der Waals surface area contributed by atoms with Gasteiger partial charge in [0.1, 0.15) is 0 Å². The van der Waals surface area contributed by atoms with Crippen LogP contribution in [0.5, 0.6) is 0 Å². The van der Waals surface area contributed by atoms with E-state index in [1.165, 1.54) is 96.3 Å².